The van der Waals surface area contributed by atoms with Crippen molar-refractivity contribution in [3.63, 3.8) is 0 Å². The largest absolute Gasteiger partial charge is 0.392 e. The molecule has 1 aliphatic rings. The van der Waals surface area contributed by atoms with Gasteiger partial charge in [-0.25, -0.2) is 0 Å². The normalized spacial score (nSPS) is 18.4. The van der Waals surface area contributed by atoms with E-state index in [-0.39, 0.29) is 5.54 Å². The van der Waals surface area contributed by atoms with Crippen molar-refractivity contribution in [2.24, 2.45) is 5.73 Å². The second kappa shape index (κ2) is 5.94. The second-order valence-corrected chi connectivity index (χ2v) is 5.99. The van der Waals surface area contributed by atoms with Crippen molar-refractivity contribution in [2.45, 2.75) is 25.9 Å². The highest BCUT2D eigenvalue weighted by atomic mass is 32.1. The first kappa shape index (κ1) is 14.4. The third-order valence-electron chi connectivity index (χ3n) is 3.89. The molecule has 2 heterocycles. The molecule has 0 aromatic carbocycles. The number of thiocarbonyl (C=S) groups is 1. The quantitative estimate of drug-likeness (QED) is 0.840. The monoisotopic (exact) mass is 278 g/mol. The first-order chi connectivity index (χ1) is 9.00. The molecule has 19 heavy (non-hydrogen) atoms. The predicted octanol–water partition coefficient (Wildman–Crippen LogP) is 1.26. The summed E-state index contributed by atoms with van der Waals surface area (Å²) in [4.78, 5) is 9.55. The van der Waals surface area contributed by atoms with Crippen LogP contribution in [0.1, 0.15) is 19.4 Å². The molecule has 104 valence electrons. The predicted molar refractivity (Wildman–Crippen MR) is 82.0 cm³/mol. The summed E-state index contributed by atoms with van der Waals surface area (Å²) in [5.74, 6) is 0. The molecular formula is C14H22N4S. The Morgan fingerprint density at radius 2 is 2.05 bits per heavy atom. The average molecular weight is 278 g/mol. The van der Waals surface area contributed by atoms with Crippen LogP contribution in [0.15, 0.2) is 24.5 Å². The lowest BCUT2D eigenvalue weighted by molar-refractivity contribution is 0.0821. The van der Waals surface area contributed by atoms with Gasteiger partial charge in [-0.2, -0.15) is 0 Å². The topological polar surface area (TPSA) is 45.4 Å². The molecule has 1 aromatic rings. The molecule has 1 saturated heterocycles. The summed E-state index contributed by atoms with van der Waals surface area (Å²) in [6.45, 7) is 9.27. The molecule has 1 fully saturated rings. The number of pyridine rings is 1. The van der Waals surface area contributed by atoms with Crippen molar-refractivity contribution in [3.05, 3.63) is 30.1 Å². The Balaban J connectivity index is 1.88. The fraction of sp³-hybridized carbons (Fsp3) is 0.571. The van der Waals surface area contributed by atoms with Crippen molar-refractivity contribution >= 4 is 17.2 Å². The lowest BCUT2D eigenvalue weighted by Gasteiger charge is -2.43. The molecule has 2 rings (SSSR count). The van der Waals surface area contributed by atoms with Crippen LogP contribution in [0, 0.1) is 0 Å². The summed E-state index contributed by atoms with van der Waals surface area (Å²) in [5, 5.41) is 0. The maximum Gasteiger partial charge on any atom is 0.0928 e. The fourth-order valence-electron chi connectivity index (χ4n) is 2.37. The Kier molecular flexibility index (Phi) is 4.50. The third-order valence-corrected chi connectivity index (χ3v) is 4.39. The Labute approximate surface area is 120 Å². The van der Waals surface area contributed by atoms with Gasteiger partial charge >= 0.3 is 0 Å². The molecule has 0 spiro atoms. The van der Waals surface area contributed by atoms with Crippen LogP contribution in [0.5, 0.6) is 0 Å². The molecule has 1 aromatic heterocycles. The summed E-state index contributed by atoms with van der Waals surface area (Å²) >= 11 is 5.16. The standard InChI is InChI=1S/C14H22N4S/c1-14(2,13(15)19)18-8-6-17(7-9-18)11-12-4-3-5-16-10-12/h3-5,10H,6-9,11H2,1-2H3,(H2,15,19). The minimum Gasteiger partial charge on any atom is -0.392 e. The molecule has 0 bridgehead atoms. The lowest BCUT2D eigenvalue weighted by atomic mass is 10.0. The summed E-state index contributed by atoms with van der Waals surface area (Å²) in [5.41, 5.74) is 6.91. The van der Waals surface area contributed by atoms with Gasteiger partial charge in [0.25, 0.3) is 0 Å². The van der Waals surface area contributed by atoms with Gasteiger partial charge in [0, 0.05) is 45.1 Å². The molecule has 1 aliphatic heterocycles. The van der Waals surface area contributed by atoms with E-state index in [1.165, 1.54) is 5.56 Å². The van der Waals surface area contributed by atoms with Crippen molar-refractivity contribution < 1.29 is 0 Å². The number of nitrogens with two attached hydrogens (primary N) is 1. The minimum absolute atomic E-state index is 0.185. The molecule has 4 nitrogen and oxygen atoms in total. The van der Waals surface area contributed by atoms with E-state index in [0.717, 1.165) is 32.7 Å². The second-order valence-electron chi connectivity index (χ2n) is 5.55. The van der Waals surface area contributed by atoms with Crippen LogP contribution in [-0.2, 0) is 6.54 Å². The zero-order valence-corrected chi connectivity index (χ0v) is 12.5. The van der Waals surface area contributed by atoms with Crippen molar-refractivity contribution in [3.8, 4) is 0 Å². The number of aromatic nitrogens is 1. The minimum atomic E-state index is -0.185. The van der Waals surface area contributed by atoms with Gasteiger partial charge in [0.05, 0.1) is 10.5 Å². The van der Waals surface area contributed by atoms with E-state index in [9.17, 15) is 0 Å². The first-order valence-corrected chi connectivity index (χ1v) is 7.07. The highest BCUT2D eigenvalue weighted by molar-refractivity contribution is 7.80. The average Bonchev–Trinajstić information content (AvgIpc) is 2.40. The van der Waals surface area contributed by atoms with Crippen LogP contribution in [0.3, 0.4) is 0 Å². The summed E-state index contributed by atoms with van der Waals surface area (Å²) in [6.07, 6.45) is 3.75. The number of nitrogens with zero attached hydrogens (tertiary/aromatic N) is 3. The zero-order valence-electron chi connectivity index (χ0n) is 11.7. The molecule has 0 unspecified atom stereocenters. The number of piperazine rings is 1. The van der Waals surface area contributed by atoms with Crippen LogP contribution in [0.4, 0.5) is 0 Å². The van der Waals surface area contributed by atoms with Gasteiger partial charge in [0.2, 0.25) is 0 Å². The van der Waals surface area contributed by atoms with Gasteiger partial charge in [-0.3, -0.25) is 14.8 Å². The molecule has 5 heteroatoms. The fourth-order valence-corrected chi connectivity index (χ4v) is 2.50. The van der Waals surface area contributed by atoms with E-state index >= 15 is 0 Å². The van der Waals surface area contributed by atoms with E-state index in [2.05, 4.69) is 34.7 Å². The van der Waals surface area contributed by atoms with Crippen LogP contribution in [-0.4, -0.2) is 51.5 Å². The Bertz CT molecular complexity index is 424. The van der Waals surface area contributed by atoms with Gasteiger partial charge in [-0.1, -0.05) is 18.3 Å². The summed E-state index contributed by atoms with van der Waals surface area (Å²) < 4.78 is 0. The van der Waals surface area contributed by atoms with Gasteiger partial charge in [-0.05, 0) is 25.5 Å². The summed E-state index contributed by atoms with van der Waals surface area (Å²) in [6, 6.07) is 4.11. The van der Waals surface area contributed by atoms with E-state index in [0.29, 0.717) is 4.99 Å². The SMILES string of the molecule is CC(C)(C(N)=S)N1CCN(Cc2cccnc2)CC1. The molecule has 2 N–H and O–H groups in total. The highest BCUT2D eigenvalue weighted by Gasteiger charge is 2.32. The Hall–Kier alpha value is -1.04. The van der Waals surface area contributed by atoms with Crippen LogP contribution in [0.2, 0.25) is 0 Å². The third kappa shape index (κ3) is 3.49. The van der Waals surface area contributed by atoms with E-state index in [1.807, 2.05) is 18.5 Å². The van der Waals surface area contributed by atoms with Crippen molar-refractivity contribution in [1.82, 2.24) is 14.8 Å². The number of hydrogen-bond donors (Lipinski definition) is 1. The van der Waals surface area contributed by atoms with Gasteiger partial charge in [0.15, 0.2) is 0 Å². The number of hydrogen-bond acceptors (Lipinski definition) is 4. The first-order valence-electron chi connectivity index (χ1n) is 6.66. The molecule has 0 radical (unpaired) electrons. The summed E-state index contributed by atoms with van der Waals surface area (Å²) in [7, 11) is 0. The van der Waals surface area contributed by atoms with E-state index in [4.69, 9.17) is 18.0 Å². The zero-order chi connectivity index (χ0) is 13.9. The Morgan fingerprint density at radius 3 is 2.58 bits per heavy atom. The van der Waals surface area contributed by atoms with Gasteiger partial charge in [-0.15, -0.1) is 0 Å². The smallest absolute Gasteiger partial charge is 0.0928 e. The number of rotatable bonds is 4. The molecule has 0 aliphatic carbocycles. The molecular weight excluding hydrogens is 256 g/mol. The van der Waals surface area contributed by atoms with E-state index < -0.39 is 0 Å². The lowest BCUT2D eigenvalue weighted by Crippen LogP contribution is -2.59. The highest BCUT2D eigenvalue weighted by Crippen LogP contribution is 2.18. The van der Waals surface area contributed by atoms with E-state index in [1.54, 1.807) is 0 Å². The van der Waals surface area contributed by atoms with Crippen LogP contribution in [0.25, 0.3) is 0 Å². The maximum absolute atomic E-state index is 5.83. The molecule has 0 atom stereocenters. The molecule has 0 amide bonds. The van der Waals surface area contributed by atoms with Gasteiger partial charge in [0.1, 0.15) is 0 Å². The van der Waals surface area contributed by atoms with Crippen molar-refractivity contribution in [1.29, 1.82) is 0 Å². The maximum atomic E-state index is 5.83. The Morgan fingerprint density at radius 1 is 1.37 bits per heavy atom. The van der Waals surface area contributed by atoms with Crippen LogP contribution >= 0.6 is 12.2 Å². The molecule has 0 saturated carbocycles. The van der Waals surface area contributed by atoms with Crippen LogP contribution < -0.4 is 5.73 Å². The van der Waals surface area contributed by atoms with Crippen molar-refractivity contribution in [2.75, 3.05) is 26.2 Å². The van der Waals surface area contributed by atoms with Gasteiger partial charge < -0.3 is 5.73 Å².